The largest absolute Gasteiger partial charge is 0.453 e. The number of hydrogen-bond acceptors (Lipinski definition) is 5. The Labute approximate surface area is 176 Å². The molecule has 0 radical (unpaired) electrons. The van der Waals surface area contributed by atoms with Crippen molar-refractivity contribution < 1.29 is 19.1 Å². The Balaban J connectivity index is 1.39. The van der Waals surface area contributed by atoms with E-state index in [-0.39, 0.29) is 24.5 Å². The molecule has 156 valence electrons. The van der Waals surface area contributed by atoms with Gasteiger partial charge >= 0.3 is 5.97 Å². The molecule has 1 unspecified atom stereocenters. The molecule has 3 heterocycles. The molecule has 0 aromatic carbocycles. The molecule has 5 nitrogen and oxygen atoms in total. The highest BCUT2D eigenvalue weighted by molar-refractivity contribution is 7.14. The first kappa shape index (κ1) is 20.4. The Kier molecular flexibility index (Phi) is 6.20. The van der Waals surface area contributed by atoms with Crippen molar-refractivity contribution in [2.75, 3.05) is 13.2 Å². The number of nitrogens with zero attached hydrogens (tertiary/aromatic N) is 1. The van der Waals surface area contributed by atoms with Gasteiger partial charge in [-0.3, -0.25) is 4.79 Å². The van der Waals surface area contributed by atoms with E-state index in [0.717, 1.165) is 50.2 Å². The summed E-state index contributed by atoms with van der Waals surface area (Å²) in [5.41, 5.74) is 3.87. The number of aryl methyl sites for hydroxylation is 3. The van der Waals surface area contributed by atoms with Gasteiger partial charge in [0.05, 0.1) is 6.10 Å². The van der Waals surface area contributed by atoms with Crippen LogP contribution in [-0.2, 0) is 28.9 Å². The Morgan fingerprint density at radius 1 is 1.17 bits per heavy atom. The van der Waals surface area contributed by atoms with E-state index >= 15 is 0 Å². The van der Waals surface area contributed by atoms with Gasteiger partial charge in [0.25, 0.3) is 0 Å². The minimum absolute atomic E-state index is 0.150. The van der Waals surface area contributed by atoms with Crippen LogP contribution in [0.1, 0.15) is 74.0 Å². The van der Waals surface area contributed by atoms with Gasteiger partial charge < -0.3 is 14.0 Å². The van der Waals surface area contributed by atoms with E-state index in [1.807, 2.05) is 26.0 Å². The number of aromatic nitrogens is 1. The van der Waals surface area contributed by atoms with Gasteiger partial charge in [0.15, 0.2) is 6.61 Å². The standard InChI is InChI=1S/C23H29NO4S/c1-15-11-19(16(2)24(15)13-18-8-6-10-27-18)20(25)14-28-23(26)22-12-17-7-4-3-5-9-21(17)29-22/h11-12,18H,3-10,13-14H2,1-2H3. The third-order valence-corrected chi connectivity index (χ3v) is 7.28. The van der Waals surface area contributed by atoms with E-state index in [2.05, 4.69) is 4.57 Å². The van der Waals surface area contributed by atoms with Crippen LogP contribution in [-0.4, -0.2) is 35.6 Å². The van der Waals surface area contributed by atoms with Crippen LogP contribution in [0.2, 0.25) is 0 Å². The number of thiophene rings is 1. The van der Waals surface area contributed by atoms with Gasteiger partial charge in [-0.2, -0.15) is 0 Å². The molecule has 2 aromatic heterocycles. The van der Waals surface area contributed by atoms with E-state index in [1.165, 1.54) is 41.0 Å². The summed E-state index contributed by atoms with van der Waals surface area (Å²) in [4.78, 5) is 27.1. The van der Waals surface area contributed by atoms with Crippen LogP contribution < -0.4 is 0 Å². The molecule has 1 aliphatic heterocycles. The fourth-order valence-electron chi connectivity index (χ4n) is 4.40. The van der Waals surface area contributed by atoms with Crippen LogP contribution in [0.15, 0.2) is 12.1 Å². The molecule has 0 saturated carbocycles. The molecule has 2 aromatic rings. The zero-order chi connectivity index (χ0) is 20.4. The monoisotopic (exact) mass is 415 g/mol. The zero-order valence-electron chi connectivity index (χ0n) is 17.3. The molecule has 4 rings (SSSR count). The maximum absolute atomic E-state index is 12.7. The number of Topliss-reactive ketones (excluding diaryl/α,β-unsaturated/α-hetero) is 1. The smallest absolute Gasteiger partial charge is 0.348 e. The first-order valence-electron chi connectivity index (χ1n) is 10.6. The van der Waals surface area contributed by atoms with Crippen molar-refractivity contribution in [3.63, 3.8) is 0 Å². The van der Waals surface area contributed by atoms with Crippen LogP contribution >= 0.6 is 11.3 Å². The number of rotatable bonds is 6. The first-order valence-corrected chi connectivity index (χ1v) is 11.4. The Bertz CT molecular complexity index is 881. The lowest BCUT2D eigenvalue weighted by atomic mass is 10.1. The summed E-state index contributed by atoms with van der Waals surface area (Å²) in [6.45, 7) is 5.33. The van der Waals surface area contributed by atoms with Crippen LogP contribution in [0.4, 0.5) is 0 Å². The number of fused-ring (bicyclic) bond motifs is 1. The third-order valence-electron chi connectivity index (χ3n) is 6.07. The predicted octanol–water partition coefficient (Wildman–Crippen LogP) is 4.65. The van der Waals surface area contributed by atoms with Crippen molar-refractivity contribution >= 4 is 23.1 Å². The van der Waals surface area contributed by atoms with Crippen LogP contribution in [0.3, 0.4) is 0 Å². The quantitative estimate of drug-likeness (QED) is 0.391. The number of carbonyl (C=O) groups is 2. The summed E-state index contributed by atoms with van der Waals surface area (Å²) < 4.78 is 13.3. The lowest BCUT2D eigenvalue weighted by Gasteiger charge is -2.14. The second-order valence-corrected chi connectivity index (χ2v) is 9.29. The molecule has 1 saturated heterocycles. The maximum Gasteiger partial charge on any atom is 0.348 e. The second-order valence-electron chi connectivity index (χ2n) is 8.15. The fourth-order valence-corrected chi connectivity index (χ4v) is 5.55. The SMILES string of the molecule is Cc1cc(C(=O)COC(=O)c2cc3c(s2)CCCCC3)c(C)n1CC1CCCO1. The Morgan fingerprint density at radius 2 is 2.00 bits per heavy atom. The highest BCUT2D eigenvalue weighted by Gasteiger charge is 2.23. The van der Waals surface area contributed by atoms with E-state index in [1.54, 1.807) is 0 Å². The van der Waals surface area contributed by atoms with Crippen LogP contribution in [0.25, 0.3) is 0 Å². The molecule has 6 heteroatoms. The van der Waals surface area contributed by atoms with Crippen molar-refractivity contribution in [1.82, 2.24) is 4.57 Å². The van der Waals surface area contributed by atoms with Gasteiger partial charge in [0.2, 0.25) is 5.78 Å². The molecule has 0 N–H and O–H groups in total. The van der Waals surface area contributed by atoms with Gasteiger partial charge in [0, 0.05) is 35.0 Å². The highest BCUT2D eigenvalue weighted by Crippen LogP contribution is 2.29. The second kappa shape index (κ2) is 8.84. The summed E-state index contributed by atoms with van der Waals surface area (Å²) in [6, 6.07) is 3.86. The maximum atomic E-state index is 12.7. The van der Waals surface area contributed by atoms with E-state index in [9.17, 15) is 9.59 Å². The molecule has 2 aliphatic rings. The number of esters is 1. The minimum Gasteiger partial charge on any atom is -0.453 e. The topological polar surface area (TPSA) is 57.5 Å². The molecular weight excluding hydrogens is 386 g/mol. The van der Waals surface area contributed by atoms with Gasteiger partial charge in [-0.25, -0.2) is 4.79 Å². The van der Waals surface area contributed by atoms with Crippen molar-refractivity contribution in [2.24, 2.45) is 0 Å². The average molecular weight is 416 g/mol. The van der Waals surface area contributed by atoms with Crippen molar-refractivity contribution in [3.8, 4) is 0 Å². The lowest BCUT2D eigenvalue weighted by molar-refractivity contribution is 0.0479. The van der Waals surface area contributed by atoms with Crippen LogP contribution in [0.5, 0.6) is 0 Å². The number of ether oxygens (including phenoxy) is 2. The molecule has 0 bridgehead atoms. The predicted molar refractivity (Wildman–Crippen MR) is 113 cm³/mol. The lowest BCUT2D eigenvalue weighted by Crippen LogP contribution is -2.18. The number of ketones is 1. The van der Waals surface area contributed by atoms with Gasteiger partial charge in [-0.1, -0.05) is 6.42 Å². The van der Waals surface area contributed by atoms with Gasteiger partial charge in [0.1, 0.15) is 4.88 Å². The summed E-state index contributed by atoms with van der Waals surface area (Å²) in [7, 11) is 0. The van der Waals surface area contributed by atoms with Gasteiger partial charge in [-0.15, -0.1) is 11.3 Å². The normalized spacial score (nSPS) is 19.0. The first-order chi connectivity index (χ1) is 14.0. The summed E-state index contributed by atoms with van der Waals surface area (Å²) in [6.07, 6.45) is 8.06. The van der Waals surface area contributed by atoms with E-state index in [4.69, 9.17) is 9.47 Å². The molecule has 1 aliphatic carbocycles. The molecule has 0 amide bonds. The molecule has 0 spiro atoms. The summed E-state index contributed by atoms with van der Waals surface area (Å²) in [5.74, 6) is -0.534. The van der Waals surface area contributed by atoms with Crippen LogP contribution in [0, 0.1) is 13.8 Å². The zero-order valence-corrected chi connectivity index (χ0v) is 18.1. The number of hydrogen-bond donors (Lipinski definition) is 0. The van der Waals surface area contributed by atoms with Crippen molar-refractivity contribution in [2.45, 2.75) is 71.4 Å². The van der Waals surface area contributed by atoms with E-state index in [0.29, 0.717) is 10.4 Å². The highest BCUT2D eigenvalue weighted by atomic mass is 32.1. The Hall–Kier alpha value is -1.92. The summed E-state index contributed by atoms with van der Waals surface area (Å²) >= 11 is 1.53. The van der Waals surface area contributed by atoms with E-state index < -0.39 is 0 Å². The molecule has 1 atom stereocenters. The molecule has 29 heavy (non-hydrogen) atoms. The summed E-state index contributed by atoms with van der Waals surface area (Å²) in [5, 5.41) is 0. The van der Waals surface area contributed by atoms with Crippen molar-refractivity contribution in [3.05, 3.63) is 44.4 Å². The van der Waals surface area contributed by atoms with Gasteiger partial charge in [-0.05, 0) is 70.1 Å². The third kappa shape index (κ3) is 4.48. The minimum atomic E-state index is -0.385. The average Bonchev–Trinajstić information content (AvgIpc) is 3.39. The van der Waals surface area contributed by atoms with Crippen molar-refractivity contribution in [1.29, 1.82) is 0 Å². The molecule has 1 fully saturated rings. The fraction of sp³-hybridized carbons (Fsp3) is 0.565. The Morgan fingerprint density at radius 3 is 2.79 bits per heavy atom. The molecular formula is C23H29NO4S. The number of carbonyl (C=O) groups excluding carboxylic acids is 2.